The molecule has 0 aliphatic carbocycles. The molecule has 0 radical (unpaired) electrons. The van der Waals surface area contributed by atoms with Gasteiger partial charge in [0.05, 0.1) is 15.7 Å². The van der Waals surface area contributed by atoms with Gasteiger partial charge < -0.3 is 9.47 Å². The number of para-hydroxylation sites is 1. The highest BCUT2D eigenvalue weighted by molar-refractivity contribution is 9.10. The lowest BCUT2D eigenvalue weighted by Crippen LogP contribution is -1.90. The summed E-state index contributed by atoms with van der Waals surface area (Å²) in [5.41, 5.74) is 2.40. The first-order valence-corrected chi connectivity index (χ1v) is 9.10. The number of hydrogen-bond acceptors (Lipinski definition) is 7. The van der Waals surface area contributed by atoms with E-state index < -0.39 is 0 Å². The van der Waals surface area contributed by atoms with Crippen LogP contribution < -0.4 is 9.47 Å². The highest BCUT2D eigenvalue weighted by Crippen LogP contribution is 2.22. The van der Waals surface area contributed by atoms with Gasteiger partial charge in [0.1, 0.15) is 11.5 Å². The van der Waals surface area contributed by atoms with Crippen LogP contribution >= 0.6 is 27.9 Å². The maximum Gasteiger partial charge on any atom is 0.321 e. The first-order chi connectivity index (χ1) is 12.8. The van der Waals surface area contributed by atoms with Crippen molar-refractivity contribution in [3.63, 3.8) is 0 Å². The lowest BCUT2D eigenvalue weighted by atomic mass is 10.3. The molecule has 26 heavy (non-hydrogen) atoms. The number of aliphatic imine (C=N–C) groups is 1. The number of halogens is 1. The van der Waals surface area contributed by atoms with Crippen LogP contribution in [0.2, 0.25) is 0 Å². The van der Waals surface area contributed by atoms with Gasteiger partial charge in [0.2, 0.25) is 0 Å². The summed E-state index contributed by atoms with van der Waals surface area (Å²) < 4.78 is 15.7. The number of nitrogens with zero attached hydrogens (tertiary/aromatic N) is 4. The topological polar surface area (TPSA) is 69.0 Å². The largest absolute Gasteiger partial charge is 0.445 e. The lowest BCUT2D eigenvalue weighted by molar-refractivity contribution is 0.441. The Morgan fingerprint density at radius 2 is 1.65 bits per heavy atom. The molecule has 3 rings (SSSR count). The van der Waals surface area contributed by atoms with Crippen LogP contribution in [0.4, 0.5) is 5.69 Å². The number of aromatic nitrogens is 2. The minimum atomic E-state index is 0.285. The molecule has 0 atom stereocenters. The van der Waals surface area contributed by atoms with Crippen LogP contribution in [0.1, 0.15) is 0 Å². The third-order valence-corrected chi connectivity index (χ3v) is 3.74. The zero-order valence-electron chi connectivity index (χ0n) is 13.4. The summed E-state index contributed by atoms with van der Waals surface area (Å²) in [4.78, 5) is 12.4. The summed E-state index contributed by atoms with van der Waals surface area (Å²) in [6.07, 6.45) is 4.63. The second-order valence-corrected chi connectivity index (χ2v) is 6.31. The molecular formula is C18H13BrN4O2S. The van der Waals surface area contributed by atoms with Gasteiger partial charge in [-0.2, -0.15) is 4.40 Å². The summed E-state index contributed by atoms with van der Waals surface area (Å²) in [6, 6.07) is 17.0. The van der Waals surface area contributed by atoms with Gasteiger partial charge in [-0.1, -0.05) is 18.2 Å². The summed E-state index contributed by atoms with van der Waals surface area (Å²) in [5, 5.41) is 0. The van der Waals surface area contributed by atoms with Crippen LogP contribution in [-0.2, 0) is 0 Å². The molecule has 0 N–H and O–H groups in total. The molecule has 0 spiro atoms. The minimum Gasteiger partial charge on any atom is -0.445 e. The maximum atomic E-state index is 5.55. The van der Waals surface area contributed by atoms with Crippen molar-refractivity contribution in [2.24, 2.45) is 9.39 Å². The lowest BCUT2D eigenvalue weighted by Gasteiger charge is -2.03. The predicted octanol–water partition coefficient (Wildman–Crippen LogP) is 5.45. The molecule has 0 aliphatic heterocycles. The van der Waals surface area contributed by atoms with Gasteiger partial charge in [0.15, 0.2) is 6.40 Å². The summed E-state index contributed by atoms with van der Waals surface area (Å²) in [7, 11) is 0. The van der Waals surface area contributed by atoms with Gasteiger partial charge in [-0.25, -0.2) is 15.0 Å². The van der Waals surface area contributed by atoms with E-state index in [4.69, 9.17) is 9.47 Å². The standard InChI is InChI=1S/C18H13BrN4O2S/c19-14-10-20-18(21-11-14)25-17-8-6-15(7-9-17)22-13-26-23-12-24-16-4-2-1-3-5-16/h1-13H. The molecular weight excluding hydrogens is 416 g/mol. The summed E-state index contributed by atoms with van der Waals surface area (Å²) >= 11 is 4.45. The van der Waals surface area contributed by atoms with Crippen LogP contribution in [0.3, 0.4) is 0 Å². The Kier molecular flexibility index (Phi) is 6.74. The third-order valence-electron chi connectivity index (χ3n) is 2.93. The molecule has 2 aromatic carbocycles. The van der Waals surface area contributed by atoms with Crippen LogP contribution in [-0.4, -0.2) is 21.9 Å². The van der Waals surface area contributed by atoms with E-state index >= 15 is 0 Å². The van der Waals surface area contributed by atoms with Crippen LogP contribution in [0.5, 0.6) is 17.5 Å². The zero-order valence-corrected chi connectivity index (χ0v) is 15.8. The van der Waals surface area contributed by atoms with Crippen molar-refractivity contribution >= 4 is 45.5 Å². The van der Waals surface area contributed by atoms with Crippen molar-refractivity contribution in [3.8, 4) is 17.5 Å². The van der Waals surface area contributed by atoms with E-state index in [9.17, 15) is 0 Å². The fourth-order valence-corrected chi connectivity index (χ4v) is 2.30. The zero-order chi connectivity index (χ0) is 18.0. The van der Waals surface area contributed by atoms with E-state index in [1.54, 1.807) is 30.1 Å². The van der Waals surface area contributed by atoms with Gasteiger partial charge in [0.25, 0.3) is 0 Å². The average Bonchev–Trinajstić information content (AvgIpc) is 2.68. The summed E-state index contributed by atoms with van der Waals surface area (Å²) in [5.74, 6) is 1.37. The van der Waals surface area contributed by atoms with Crippen LogP contribution in [0.15, 0.2) is 80.9 Å². The first kappa shape index (κ1) is 18.1. The number of rotatable bonds is 7. The van der Waals surface area contributed by atoms with E-state index in [2.05, 4.69) is 35.3 Å². The molecule has 6 nitrogen and oxygen atoms in total. The summed E-state index contributed by atoms with van der Waals surface area (Å²) in [6.45, 7) is 0. The van der Waals surface area contributed by atoms with Crippen molar-refractivity contribution in [2.75, 3.05) is 0 Å². The van der Waals surface area contributed by atoms with Gasteiger partial charge >= 0.3 is 6.01 Å². The van der Waals surface area contributed by atoms with E-state index in [-0.39, 0.29) is 6.01 Å². The van der Waals surface area contributed by atoms with Crippen molar-refractivity contribution in [3.05, 3.63) is 71.5 Å². The van der Waals surface area contributed by atoms with E-state index in [1.165, 1.54) is 18.3 Å². The van der Waals surface area contributed by atoms with Crippen molar-refractivity contribution < 1.29 is 9.47 Å². The van der Waals surface area contributed by atoms with E-state index in [1.807, 2.05) is 42.5 Å². The molecule has 0 aliphatic rings. The van der Waals surface area contributed by atoms with Gasteiger partial charge in [-0.3, -0.25) is 0 Å². The van der Waals surface area contributed by atoms with Crippen molar-refractivity contribution in [1.82, 2.24) is 9.97 Å². The second kappa shape index (κ2) is 9.69. The number of ether oxygens (including phenoxy) is 2. The highest BCUT2D eigenvalue weighted by atomic mass is 79.9. The van der Waals surface area contributed by atoms with E-state index in [0.29, 0.717) is 5.75 Å². The molecule has 0 amide bonds. The molecule has 1 aromatic heterocycles. The fraction of sp³-hybridized carbons (Fsp3) is 0. The molecule has 0 unspecified atom stereocenters. The maximum absolute atomic E-state index is 5.55. The van der Waals surface area contributed by atoms with Gasteiger partial charge in [-0.05, 0) is 52.3 Å². The molecule has 3 aromatic rings. The first-order valence-electron chi connectivity index (χ1n) is 7.47. The Morgan fingerprint density at radius 3 is 2.38 bits per heavy atom. The molecule has 130 valence electrons. The minimum absolute atomic E-state index is 0.285. The normalized spacial score (nSPS) is 11.1. The van der Waals surface area contributed by atoms with Crippen molar-refractivity contribution in [1.29, 1.82) is 0 Å². The fourth-order valence-electron chi connectivity index (χ4n) is 1.78. The monoisotopic (exact) mass is 428 g/mol. The predicted molar refractivity (Wildman–Crippen MR) is 108 cm³/mol. The van der Waals surface area contributed by atoms with Gasteiger partial charge in [-0.15, -0.1) is 0 Å². The Labute approximate surface area is 163 Å². The molecule has 0 bridgehead atoms. The number of hydrogen-bond donors (Lipinski definition) is 0. The Bertz CT molecular complexity index is 872. The van der Waals surface area contributed by atoms with Gasteiger partial charge in [0, 0.05) is 24.3 Å². The SMILES string of the molecule is Brc1cnc(Oc2ccc(N=CSN=COc3ccccc3)cc2)nc1. The molecule has 0 saturated heterocycles. The molecule has 0 fully saturated rings. The average molecular weight is 429 g/mol. The Morgan fingerprint density at radius 1 is 0.923 bits per heavy atom. The Hall–Kier alpha value is -2.71. The molecule has 8 heteroatoms. The Balaban J connectivity index is 1.46. The highest BCUT2D eigenvalue weighted by Gasteiger charge is 2.00. The number of benzene rings is 2. The van der Waals surface area contributed by atoms with E-state index in [0.717, 1.165) is 15.9 Å². The van der Waals surface area contributed by atoms with Crippen LogP contribution in [0, 0.1) is 0 Å². The second-order valence-electron chi connectivity index (χ2n) is 4.76. The molecule has 0 saturated carbocycles. The smallest absolute Gasteiger partial charge is 0.321 e. The third kappa shape index (κ3) is 5.98. The van der Waals surface area contributed by atoms with Crippen molar-refractivity contribution in [2.45, 2.75) is 0 Å². The quantitative estimate of drug-likeness (QED) is 0.284. The molecule has 1 heterocycles. The van der Waals surface area contributed by atoms with Crippen LogP contribution in [0.25, 0.3) is 0 Å².